The Balaban J connectivity index is 2.54. The summed E-state index contributed by atoms with van der Waals surface area (Å²) in [4.78, 5) is 13.0. The van der Waals surface area contributed by atoms with Gasteiger partial charge in [-0.1, -0.05) is 32.9 Å². The van der Waals surface area contributed by atoms with Crippen LogP contribution in [0, 0.1) is 18.2 Å². The van der Waals surface area contributed by atoms with Crippen LogP contribution >= 0.6 is 0 Å². The number of benzene rings is 1. The van der Waals surface area contributed by atoms with E-state index in [1.165, 1.54) is 11.0 Å². The van der Waals surface area contributed by atoms with Gasteiger partial charge in [0, 0.05) is 6.54 Å². The van der Waals surface area contributed by atoms with Crippen LogP contribution in [0.15, 0.2) is 18.2 Å². The van der Waals surface area contributed by atoms with Crippen molar-refractivity contribution in [2.75, 3.05) is 6.54 Å². The van der Waals surface area contributed by atoms with E-state index in [0.717, 1.165) is 0 Å². The molecular weight excluding hydrogens is 285 g/mol. The largest absolute Gasteiger partial charge is 0.465 e. The molecule has 0 aromatic heterocycles. The lowest BCUT2D eigenvalue weighted by Crippen LogP contribution is -2.59. The highest BCUT2D eigenvalue weighted by molar-refractivity contribution is 5.67. The molecule has 0 spiro atoms. The van der Waals surface area contributed by atoms with Crippen LogP contribution in [-0.4, -0.2) is 33.3 Å². The molecule has 122 valence electrons. The highest BCUT2D eigenvalue weighted by Crippen LogP contribution is 2.51. The topological polar surface area (TPSA) is 60.8 Å². The lowest BCUT2D eigenvalue weighted by Gasteiger charge is -2.50. The fraction of sp³-hybridized carbons (Fsp3) is 0.588. The SMILES string of the molecule is Cc1ccc(C(O)[C@@]2(C(C)(C)C)CCCN2C(=O)O)cc1F. The van der Waals surface area contributed by atoms with Crippen molar-refractivity contribution in [2.45, 2.75) is 52.2 Å². The average molecular weight is 309 g/mol. The van der Waals surface area contributed by atoms with Crippen LogP contribution in [-0.2, 0) is 0 Å². The summed E-state index contributed by atoms with van der Waals surface area (Å²) in [6, 6.07) is 4.60. The zero-order valence-corrected chi connectivity index (χ0v) is 13.6. The number of likely N-dealkylation sites (tertiary alicyclic amines) is 1. The molecule has 0 aliphatic carbocycles. The predicted molar refractivity (Wildman–Crippen MR) is 82.2 cm³/mol. The second-order valence-corrected chi connectivity index (χ2v) is 7.12. The number of rotatable bonds is 2. The van der Waals surface area contributed by atoms with Gasteiger partial charge < -0.3 is 10.2 Å². The highest BCUT2D eigenvalue weighted by Gasteiger charge is 2.56. The molecule has 2 rings (SSSR count). The second-order valence-electron chi connectivity index (χ2n) is 7.12. The maximum Gasteiger partial charge on any atom is 0.407 e. The monoisotopic (exact) mass is 309 g/mol. The number of aliphatic hydroxyl groups is 1. The zero-order chi connectivity index (χ0) is 16.7. The van der Waals surface area contributed by atoms with Gasteiger partial charge in [-0.15, -0.1) is 0 Å². The Morgan fingerprint density at radius 2 is 2.05 bits per heavy atom. The van der Waals surface area contributed by atoms with Gasteiger partial charge in [-0.25, -0.2) is 9.18 Å². The summed E-state index contributed by atoms with van der Waals surface area (Å²) in [6.45, 7) is 7.80. The maximum atomic E-state index is 13.9. The van der Waals surface area contributed by atoms with Gasteiger partial charge in [0.05, 0.1) is 5.54 Å². The van der Waals surface area contributed by atoms with Gasteiger partial charge in [0.25, 0.3) is 0 Å². The molecule has 1 aliphatic heterocycles. The van der Waals surface area contributed by atoms with Crippen molar-refractivity contribution in [3.8, 4) is 0 Å². The number of aliphatic hydroxyl groups excluding tert-OH is 1. The second kappa shape index (κ2) is 5.54. The number of hydrogen-bond acceptors (Lipinski definition) is 2. The molecule has 0 radical (unpaired) electrons. The summed E-state index contributed by atoms with van der Waals surface area (Å²) in [7, 11) is 0. The van der Waals surface area contributed by atoms with Crippen molar-refractivity contribution in [2.24, 2.45) is 5.41 Å². The van der Waals surface area contributed by atoms with Gasteiger partial charge in [-0.05, 0) is 42.4 Å². The van der Waals surface area contributed by atoms with Gasteiger partial charge in [0.2, 0.25) is 0 Å². The summed E-state index contributed by atoms with van der Waals surface area (Å²) < 4.78 is 13.9. The van der Waals surface area contributed by atoms with Crippen LogP contribution in [0.2, 0.25) is 0 Å². The Bertz CT molecular complexity index is 582. The molecule has 0 bridgehead atoms. The fourth-order valence-corrected chi connectivity index (χ4v) is 3.64. The van der Waals surface area contributed by atoms with E-state index in [-0.39, 0.29) is 5.82 Å². The Morgan fingerprint density at radius 1 is 1.41 bits per heavy atom. The average Bonchev–Trinajstić information content (AvgIpc) is 2.86. The molecule has 22 heavy (non-hydrogen) atoms. The quantitative estimate of drug-likeness (QED) is 0.875. The van der Waals surface area contributed by atoms with Crippen LogP contribution in [0.25, 0.3) is 0 Å². The first-order valence-corrected chi connectivity index (χ1v) is 7.56. The summed E-state index contributed by atoms with van der Waals surface area (Å²) in [6.07, 6.45) is -0.866. The molecule has 1 unspecified atom stereocenters. The summed E-state index contributed by atoms with van der Waals surface area (Å²) >= 11 is 0. The maximum absolute atomic E-state index is 13.9. The summed E-state index contributed by atoms with van der Waals surface area (Å²) in [5, 5.41) is 20.5. The molecule has 1 heterocycles. The van der Waals surface area contributed by atoms with E-state index in [0.29, 0.717) is 30.5 Å². The molecule has 0 saturated carbocycles. The van der Waals surface area contributed by atoms with Crippen LogP contribution < -0.4 is 0 Å². The minimum absolute atomic E-state index is 0.387. The first kappa shape index (κ1) is 16.7. The van der Waals surface area contributed by atoms with Crippen molar-refractivity contribution in [3.05, 3.63) is 35.1 Å². The first-order chi connectivity index (χ1) is 10.1. The first-order valence-electron chi connectivity index (χ1n) is 7.56. The number of nitrogens with zero attached hydrogens (tertiary/aromatic N) is 1. The van der Waals surface area contributed by atoms with Crippen LogP contribution in [0.1, 0.15) is 50.8 Å². The standard InChI is InChI=1S/C17H24FNO3/c1-11-6-7-12(10-13(11)18)14(20)17(16(2,3)4)8-5-9-19(17)15(21)22/h6-7,10,14,20H,5,8-9H2,1-4H3,(H,21,22)/t14?,17-/m1/s1. The molecule has 1 amide bonds. The molecule has 1 saturated heterocycles. The third-order valence-corrected chi connectivity index (χ3v) is 4.91. The Hall–Kier alpha value is -1.62. The van der Waals surface area contributed by atoms with Crippen molar-refractivity contribution in [3.63, 3.8) is 0 Å². The van der Waals surface area contributed by atoms with E-state index in [1.54, 1.807) is 19.1 Å². The third-order valence-electron chi connectivity index (χ3n) is 4.91. The van der Waals surface area contributed by atoms with E-state index in [9.17, 15) is 19.4 Å². The number of carbonyl (C=O) groups is 1. The minimum atomic E-state index is -1.07. The summed E-state index contributed by atoms with van der Waals surface area (Å²) in [5.74, 6) is -0.388. The Morgan fingerprint density at radius 3 is 2.55 bits per heavy atom. The van der Waals surface area contributed by atoms with E-state index >= 15 is 0 Å². The van der Waals surface area contributed by atoms with Crippen LogP contribution in [0.3, 0.4) is 0 Å². The normalized spacial score (nSPS) is 23.6. The molecule has 1 aromatic rings. The molecule has 1 aliphatic rings. The highest BCUT2D eigenvalue weighted by atomic mass is 19.1. The van der Waals surface area contributed by atoms with E-state index in [4.69, 9.17) is 0 Å². The summed E-state index contributed by atoms with van der Waals surface area (Å²) in [5.41, 5.74) is -0.517. The minimum Gasteiger partial charge on any atom is -0.465 e. The van der Waals surface area contributed by atoms with Crippen molar-refractivity contribution in [1.82, 2.24) is 4.90 Å². The van der Waals surface area contributed by atoms with Gasteiger partial charge in [-0.3, -0.25) is 4.90 Å². The van der Waals surface area contributed by atoms with Crippen molar-refractivity contribution < 1.29 is 19.4 Å². The Kier molecular flexibility index (Phi) is 4.22. The van der Waals surface area contributed by atoms with Crippen molar-refractivity contribution in [1.29, 1.82) is 0 Å². The van der Waals surface area contributed by atoms with Crippen LogP contribution in [0.5, 0.6) is 0 Å². The molecule has 5 heteroatoms. The zero-order valence-electron chi connectivity index (χ0n) is 13.6. The number of carboxylic acid groups (broad SMARTS) is 1. The number of halogens is 1. The molecule has 2 atom stereocenters. The van der Waals surface area contributed by atoms with Crippen LogP contribution in [0.4, 0.5) is 9.18 Å². The fourth-order valence-electron chi connectivity index (χ4n) is 3.64. The molecule has 2 N–H and O–H groups in total. The number of amides is 1. The number of hydrogen-bond donors (Lipinski definition) is 2. The Labute approximate surface area is 130 Å². The van der Waals surface area contributed by atoms with Gasteiger partial charge in [-0.2, -0.15) is 0 Å². The molecular formula is C17H24FNO3. The van der Waals surface area contributed by atoms with E-state index in [1.807, 2.05) is 20.8 Å². The lowest BCUT2D eigenvalue weighted by atomic mass is 9.67. The molecule has 1 aromatic carbocycles. The van der Waals surface area contributed by atoms with Gasteiger partial charge >= 0.3 is 6.09 Å². The van der Waals surface area contributed by atoms with Gasteiger partial charge in [0.1, 0.15) is 11.9 Å². The van der Waals surface area contributed by atoms with Crippen molar-refractivity contribution >= 4 is 6.09 Å². The lowest BCUT2D eigenvalue weighted by molar-refractivity contribution is -0.0671. The smallest absolute Gasteiger partial charge is 0.407 e. The number of aryl methyl sites for hydroxylation is 1. The molecule has 1 fully saturated rings. The van der Waals surface area contributed by atoms with Gasteiger partial charge in [0.15, 0.2) is 0 Å². The third kappa shape index (κ3) is 2.47. The van der Waals surface area contributed by atoms with E-state index < -0.39 is 23.2 Å². The molecule has 4 nitrogen and oxygen atoms in total. The predicted octanol–water partition coefficient (Wildman–Crippen LogP) is 3.73. The van der Waals surface area contributed by atoms with E-state index in [2.05, 4.69) is 0 Å².